The number of rotatable bonds is 4. The molecular weight excluding hydrogens is 392 g/mol. The number of anilines is 2. The highest BCUT2D eigenvalue weighted by molar-refractivity contribution is 9.10. The first kappa shape index (κ1) is 16.5. The van der Waals surface area contributed by atoms with Gasteiger partial charge in [-0.1, -0.05) is 12.1 Å². The van der Waals surface area contributed by atoms with E-state index in [1.54, 1.807) is 18.2 Å². The number of hydrogen-bond acceptors (Lipinski definition) is 4. The molecule has 0 radical (unpaired) electrons. The van der Waals surface area contributed by atoms with E-state index in [0.717, 1.165) is 10.0 Å². The minimum absolute atomic E-state index is 0.220. The maximum atomic E-state index is 12.5. The number of carbonyl (C=O) groups excluding carboxylic acids is 2. The van der Waals surface area contributed by atoms with Gasteiger partial charge in [0, 0.05) is 4.47 Å². The van der Waals surface area contributed by atoms with Gasteiger partial charge in [-0.2, -0.15) is 0 Å². The molecule has 7 heteroatoms. The van der Waals surface area contributed by atoms with E-state index in [9.17, 15) is 9.59 Å². The summed E-state index contributed by atoms with van der Waals surface area (Å²) in [5.74, 6) is -0.345. The van der Waals surface area contributed by atoms with Crippen LogP contribution in [0, 0.1) is 6.92 Å². The van der Waals surface area contributed by atoms with Crippen LogP contribution < -0.4 is 10.6 Å². The predicted octanol–water partition coefficient (Wildman–Crippen LogP) is 4.92. The van der Waals surface area contributed by atoms with Crippen LogP contribution in [0.5, 0.6) is 0 Å². The number of furan rings is 1. The zero-order chi connectivity index (χ0) is 17.1. The van der Waals surface area contributed by atoms with Gasteiger partial charge in [0.1, 0.15) is 0 Å². The van der Waals surface area contributed by atoms with Crippen molar-refractivity contribution in [1.82, 2.24) is 0 Å². The molecule has 0 fully saturated rings. The summed E-state index contributed by atoms with van der Waals surface area (Å²) in [6.45, 7) is 1.83. The van der Waals surface area contributed by atoms with Gasteiger partial charge < -0.3 is 15.1 Å². The van der Waals surface area contributed by atoms with Crippen LogP contribution in [0.3, 0.4) is 0 Å². The lowest BCUT2D eigenvalue weighted by atomic mass is 10.2. The summed E-state index contributed by atoms with van der Waals surface area (Å²) >= 11 is 4.61. The van der Waals surface area contributed by atoms with Crippen LogP contribution in [0.15, 0.2) is 57.6 Å². The molecule has 24 heavy (non-hydrogen) atoms. The highest BCUT2D eigenvalue weighted by Gasteiger charge is 2.17. The Morgan fingerprint density at radius 2 is 1.88 bits per heavy atom. The summed E-state index contributed by atoms with van der Waals surface area (Å²) in [6.07, 6.45) is 1.44. The molecule has 0 saturated carbocycles. The van der Waals surface area contributed by atoms with E-state index < -0.39 is 0 Å². The number of hydrogen-bond donors (Lipinski definition) is 2. The molecular formula is C17H13BrN2O3S. The third-order valence-corrected chi connectivity index (χ3v) is 5.07. The van der Waals surface area contributed by atoms with Gasteiger partial charge >= 0.3 is 0 Å². The molecule has 0 spiro atoms. The smallest absolute Gasteiger partial charge is 0.291 e. The highest BCUT2D eigenvalue weighted by atomic mass is 79.9. The van der Waals surface area contributed by atoms with Crippen molar-refractivity contribution < 1.29 is 14.0 Å². The maximum absolute atomic E-state index is 12.5. The van der Waals surface area contributed by atoms with E-state index >= 15 is 0 Å². The second kappa shape index (κ2) is 7.02. The molecule has 0 unspecified atom stereocenters. The first-order chi connectivity index (χ1) is 11.5. The van der Waals surface area contributed by atoms with Gasteiger partial charge in [0.25, 0.3) is 11.8 Å². The number of aryl methyl sites for hydroxylation is 1. The van der Waals surface area contributed by atoms with Crippen LogP contribution in [0.4, 0.5) is 10.7 Å². The molecule has 0 aliphatic heterocycles. The molecule has 0 aliphatic rings. The summed E-state index contributed by atoms with van der Waals surface area (Å²) in [7, 11) is 0. The van der Waals surface area contributed by atoms with E-state index in [4.69, 9.17) is 4.42 Å². The number of amides is 2. The zero-order valence-electron chi connectivity index (χ0n) is 12.6. The Balaban J connectivity index is 1.75. The van der Waals surface area contributed by atoms with Gasteiger partial charge in [0.05, 0.1) is 21.8 Å². The SMILES string of the molecule is Cc1cc(NC(=O)c2ccco2)sc1C(=O)Nc1ccccc1Br. The van der Waals surface area contributed by atoms with Crippen molar-refractivity contribution in [3.8, 4) is 0 Å². The van der Waals surface area contributed by atoms with Crippen LogP contribution in [-0.4, -0.2) is 11.8 Å². The highest BCUT2D eigenvalue weighted by Crippen LogP contribution is 2.29. The predicted molar refractivity (Wildman–Crippen MR) is 97.8 cm³/mol. The van der Waals surface area contributed by atoms with Crippen molar-refractivity contribution in [1.29, 1.82) is 0 Å². The van der Waals surface area contributed by atoms with Crippen molar-refractivity contribution in [2.45, 2.75) is 6.92 Å². The Kier molecular flexibility index (Phi) is 4.82. The molecule has 122 valence electrons. The number of nitrogens with one attached hydrogen (secondary N) is 2. The third kappa shape index (κ3) is 3.58. The molecule has 2 aromatic heterocycles. The van der Waals surface area contributed by atoms with Crippen molar-refractivity contribution in [2.24, 2.45) is 0 Å². The summed E-state index contributed by atoms with van der Waals surface area (Å²) in [4.78, 5) is 25.0. The number of para-hydroxylation sites is 1. The quantitative estimate of drug-likeness (QED) is 0.648. The van der Waals surface area contributed by atoms with Crippen molar-refractivity contribution in [3.05, 3.63) is 69.4 Å². The first-order valence-corrected chi connectivity index (χ1v) is 8.66. The minimum Gasteiger partial charge on any atom is -0.459 e. The van der Waals surface area contributed by atoms with Crippen LogP contribution in [0.1, 0.15) is 25.8 Å². The fraction of sp³-hybridized carbons (Fsp3) is 0.0588. The number of carbonyl (C=O) groups is 2. The van der Waals surface area contributed by atoms with E-state index in [0.29, 0.717) is 15.6 Å². The zero-order valence-corrected chi connectivity index (χ0v) is 15.0. The van der Waals surface area contributed by atoms with Gasteiger partial charge in [-0.15, -0.1) is 11.3 Å². The van der Waals surface area contributed by atoms with Gasteiger partial charge in [-0.05, 0) is 58.7 Å². The fourth-order valence-corrected chi connectivity index (χ4v) is 3.44. The summed E-state index contributed by atoms with van der Waals surface area (Å²) in [5, 5.41) is 6.18. The molecule has 5 nitrogen and oxygen atoms in total. The molecule has 1 aromatic carbocycles. The lowest BCUT2D eigenvalue weighted by Crippen LogP contribution is -2.11. The summed E-state index contributed by atoms with van der Waals surface area (Å²) < 4.78 is 5.86. The number of benzene rings is 1. The van der Waals surface area contributed by atoms with E-state index in [2.05, 4.69) is 26.6 Å². The molecule has 0 saturated heterocycles. The fourth-order valence-electron chi connectivity index (χ4n) is 2.09. The first-order valence-electron chi connectivity index (χ1n) is 7.06. The van der Waals surface area contributed by atoms with Crippen LogP contribution in [0.25, 0.3) is 0 Å². The molecule has 0 atom stereocenters. The summed E-state index contributed by atoms with van der Waals surface area (Å²) in [5.41, 5.74) is 1.48. The molecule has 2 N–H and O–H groups in total. The van der Waals surface area contributed by atoms with E-state index in [1.165, 1.54) is 17.6 Å². The topological polar surface area (TPSA) is 71.3 Å². The van der Waals surface area contributed by atoms with Gasteiger partial charge in [-0.3, -0.25) is 9.59 Å². The number of thiophene rings is 1. The van der Waals surface area contributed by atoms with Crippen molar-refractivity contribution >= 4 is 49.8 Å². The molecule has 3 aromatic rings. The van der Waals surface area contributed by atoms with E-state index in [-0.39, 0.29) is 17.6 Å². The van der Waals surface area contributed by atoms with Crippen molar-refractivity contribution in [2.75, 3.05) is 10.6 Å². The van der Waals surface area contributed by atoms with Gasteiger partial charge in [0.15, 0.2) is 5.76 Å². The second-order valence-corrected chi connectivity index (χ2v) is 6.89. The average molecular weight is 405 g/mol. The Hall–Kier alpha value is -2.38. The van der Waals surface area contributed by atoms with Gasteiger partial charge in [0.2, 0.25) is 0 Å². The standard InChI is InChI=1S/C17H13BrN2O3S/c1-10-9-14(20-16(21)13-7-4-8-23-13)24-15(10)17(22)19-12-6-3-2-5-11(12)18/h2-9H,1H3,(H,19,22)(H,20,21). The van der Waals surface area contributed by atoms with Crippen LogP contribution in [0.2, 0.25) is 0 Å². The Morgan fingerprint density at radius 3 is 2.58 bits per heavy atom. The number of halogens is 1. The monoisotopic (exact) mass is 404 g/mol. The largest absolute Gasteiger partial charge is 0.459 e. The molecule has 0 bridgehead atoms. The summed E-state index contributed by atoms with van der Waals surface area (Å²) in [6, 6.07) is 12.4. The molecule has 3 rings (SSSR count). The molecule has 0 aliphatic carbocycles. The normalized spacial score (nSPS) is 10.4. The second-order valence-electron chi connectivity index (χ2n) is 4.99. The lowest BCUT2D eigenvalue weighted by molar-refractivity contribution is 0.0995. The maximum Gasteiger partial charge on any atom is 0.291 e. The third-order valence-electron chi connectivity index (χ3n) is 3.23. The molecule has 2 amide bonds. The molecule has 2 heterocycles. The average Bonchev–Trinajstić information content (AvgIpc) is 3.19. The van der Waals surface area contributed by atoms with Gasteiger partial charge in [-0.25, -0.2) is 0 Å². The Bertz CT molecular complexity index is 887. The van der Waals surface area contributed by atoms with E-state index in [1.807, 2.05) is 31.2 Å². The van der Waals surface area contributed by atoms with Crippen molar-refractivity contribution in [3.63, 3.8) is 0 Å². The Labute approximate surface area is 150 Å². The van der Waals surface area contributed by atoms with Crippen LogP contribution in [-0.2, 0) is 0 Å². The lowest BCUT2D eigenvalue weighted by Gasteiger charge is -2.06. The Morgan fingerprint density at radius 1 is 1.08 bits per heavy atom. The minimum atomic E-state index is -0.348. The van der Waals surface area contributed by atoms with Crippen LogP contribution >= 0.6 is 27.3 Å².